The third-order valence-electron chi connectivity index (χ3n) is 5.15. The van der Waals surface area contributed by atoms with Gasteiger partial charge in [-0.15, -0.1) is 0 Å². The van der Waals surface area contributed by atoms with Crippen LogP contribution >= 0.6 is 11.6 Å². The first kappa shape index (κ1) is 17.7. The van der Waals surface area contributed by atoms with Gasteiger partial charge < -0.3 is 0 Å². The quantitative estimate of drug-likeness (QED) is 0.728. The summed E-state index contributed by atoms with van der Waals surface area (Å²) >= 11 is 5.97. The molecule has 6 heteroatoms. The summed E-state index contributed by atoms with van der Waals surface area (Å²) in [6, 6.07) is 11.6. The molecule has 0 spiro atoms. The van der Waals surface area contributed by atoms with Crippen molar-refractivity contribution in [2.75, 3.05) is 11.4 Å². The number of halogens is 1. The lowest BCUT2D eigenvalue weighted by Gasteiger charge is -2.31. The number of amides is 1. The van der Waals surface area contributed by atoms with Crippen LogP contribution in [0.2, 0.25) is 5.02 Å². The van der Waals surface area contributed by atoms with Crippen LogP contribution in [0.1, 0.15) is 24.0 Å². The number of nitrogens with zero attached hydrogens (tertiary/aromatic N) is 3. The zero-order chi connectivity index (χ0) is 18.8. The van der Waals surface area contributed by atoms with Crippen molar-refractivity contribution >= 4 is 23.3 Å². The van der Waals surface area contributed by atoms with Crippen molar-refractivity contribution < 1.29 is 4.79 Å². The number of carbonyl (C=O) groups excluding carboxylic acids is 1. The Morgan fingerprint density at radius 3 is 2.67 bits per heavy atom. The van der Waals surface area contributed by atoms with Crippen LogP contribution in [0.25, 0.3) is 11.3 Å². The van der Waals surface area contributed by atoms with Crippen LogP contribution in [0.3, 0.4) is 0 Å². The Morgan fingerprint density at radius 2 is 1.93 bits per heavy atom. The molecule has 1 aromatic carbocycles. The predicted octanol–water partition coefficient (Wildman–Crippen LogP) is 4.42. The highest BCUT2D eigenvalue weighted by atomic mass is 35.5. The number of aromatic amines is 1. The van der Waals surface area contributed by atoms with Crippen molar-refractivity contribution in [3.63, 3.8) is 0 Å². The highest BCUT2D eigenvalue weighted by Gasteiger charge is 2.32. The number of piperidine rings is 1. The Bertz CT molecular complexity index is 937. The lowest BCUT2D eigenvalue weighted by atomic mass is 9.90. The van der Waals surface area contributed by atoms with Crippen LogP contribution < -0.4 is 4.90 Å². The van der Waals surface area contributed by atoms with Gasteiger partial charge in [0.2, 0.25) is 5.91 Å². The normalized spacial score (nSPS) is 17.3. The number of rotatable bonds is 4. The lowest BCUT2D eigenvalue weighted by Crippen LogP contribution is -2.42. The lowest BCUT2D eigenvalue weighted by molar-refractivity contribution is -0.123. The average Bonchev–Trinajstić information content (AvgIpc) is 3.07. The van der Waals surface area contributed by atoms with Crippen LogP contribution in [0, 0.1) is 12.8 Å². The third-order valence-corrected chi connectivity index (χ3v) is 5.41. The fourth-order valence-corrected chi connectivity index (χ4v) is 3.83. The molecule has 138 valence electrons. The number of anilines is 1. The minimum absolute atomic E-state index is 0.0274. The predicted molar refractivity (Wildman–Crippen MR) is 107 cm³/mol. The molecule has 3 aromatic rings. The molecule has 1 amide bonds. The molecule has 27 heavy (non-hydrogen) atoms. The van der Waals surface area contributed by atoms with Crippen LogP contribution in [0.5, 0.6) is 0 Å². The molecule has 0 bridgehead atoms. The van der Waals surface area contributed by atoms with E-state index in [9.17, 15) is 4.79 Å². The molecule has 3 heterocycles. The highest BCUT2D eigenvalue weighted by molar-refractivity contribution is 6.30. The van der Waals surface area contributed by atoms with Gasteiger partial charge in [-0.05, 0) is 56.0 Å². The molecular formula is C21H21ClN4O. The Hall–Kier alpha value is -2.66. The van der Waals surface area contributed by atoms with Crippen molar-refractivity contribution in [2.24, 2.45) is 5.92 Å². The molecule has 0 saturated carbocycles. The van der Waals surface area contributed by atoms with Gasteiger partial charge >= 0.3 is 0 Å². The van der Waals surface area contributed by atoms with E-state index in [2.05, 4.69) is 15.2 Å². The minimum Gasteiger partial charge on any atom is -0.295 e. The second kappa shape index (κ2) is 7.53. The molecule has 1 unspecified atom stereocenters. The standard InChI is InChI=1S/C21H21ClN4O/c1-14-19(16-8-10-23-11-9-16)24-25-20(14)26-12-2-3-17(21(26)27)13-15-4-6-18(22)7-5-15/h4-11,17H,2-3,12-13H2,1H3,(H,24,25). The van der Waals surface area contributed by atoms with Gasteiger partial charge in [-0.2, -0.15) is 5.10 Å². The topological polar surface area (TPSA) is 61.9 Å². The van der Waals surface area contributed by atoms with Gasteiger partial charge in [0.1, 0.15) is 0 Å². The van der Waals surface area contributed by atoms with E-state index in [4.69, 9.17) is 11.6 Å². The second-order valence-corrected chi connectivity index (χ2v) is 7.38. The van der Waals surface area contributed by atoms with E-state index in [0.717, 1.165) is 47.5 Å². The molecule has 0 radical (unpaired) electrons. The molecule has 2 aromatic heterocycles. The number of carbonyl (C=O) groups is 1. The zero-order valence-electron chi connectivity index (χ0n) is 15.2. The molecule has 0 aliphatic carbocycles. The van der Waals surface area contributed by atoms with Crippen LogP contribution in [-0.2, 0) is 11.2 Å². The molecule has 1 saturated heterocycles. The van der Waals surface area contributed by atoms with E-state index >= 15 is 0 Å². The monoisotopic (exact) mass is 380 g/mol. The maximum absolute atomic E-state index is 13.1. The first-order chi connectivity index (χ1) is 13.1. The molecule has 1 N–H and O–H groups in total. The maximum Gasteiger partial charge on any atom is 0.231 e. The third kappa shape index (κ3) is 3.60. The Morgan fingerprint density at radius 1 is 1.19 bits per heavy atom. The van der Waals surface area contributed by atoms with Gasteiger partial charge in [-0.1, -0.05) is 23.7 Å². The SMILES string of the molecule is Cc1c(N2CCCC(Cc3ccc(Cl)cc3)C2=O)n[nH]c1-c1ccncc1. The van der Waals surface area contributed by atoms with Gasteiger partial charge in [0, 0.05) is 41.0 Å². The number of hydrogen-bond donors (Lipinski definition) is 1. The van der Waals surface area contributed by atoms with E-state index in [1.165, 1.54) is 0 Å². The van der Waals surface area contributed by atoms with Crippen molar-refractivity contribution in [1.29, 1.82) is 0 Å². The maximum atomic E-state index is 13.1. The zero-order valence-corrected chi connectivity index (χ0v) is 15.9. The fourth-order valence-electron chi connectivity index (χ4n) is 3.71. The average molecular weight is 381 g/mol. The van der Waals surface area contributed by atoms with Crippen molar-refractivity contribution in [1.82, 2.24) is 15.2 Å². The van der Waals surface area contributed by atoms with Gasteiger partial charge in [0.05, 0.1) is 5.69 Å². The van der Waals surface area contributed by atoms with Crippen molar-refractivity contribution in [2.45, 2.75) is 26.2 Å². The number of benzene rings is 1. The summed E-state index contributed by atoms with van der Waals surface area (Å²) in [4.78, 5) is 19.0. The van der Waals surface area contributed by atoms with Crippen molar-refractivity contribution in [3.8, 4) is 11.3 Å². The highest BCUT2D eigenvalue weighted by Crippen LogP contribution is 2.32. The number of nitrogens with one attached hydrogen (secondary N) is 1. The first-order valence-corrected chi connectivity index (χ1v) is 9.52. The van der Waals surface area contributed by atoms with Crippen LogP contribution in [0.15, 0.2) is 48.8 Å². The summed E-state index contributed by atoms with van der Waals surface area (Å²) in [6.45, 7) is 2.71. The summed E-state index contributed by atoms with van der Waals surface area (Å²) in [5.41, 5.74) is 4.07. The van der Waals surface area contributed by atoms with Crippen molar-refractivity contribution in [3.05, 3.63) is 64.9 Å². The first-order valence-electron chi connectivity index (χ1n) is 9.14. The molecule has 5 nitrogen and oxygen atoms in total. The molecule has 4 rings (SSSR count). The van der Waals surface area contributed by atoms with E-state index < -0.39 is 0 Å². The van der Waals surface area contributed by atoms with E-state index in [1.54, 1.807) is 12.4 Å². The number of hydrogen-bond acceptors (Lipinski definition) is 3. The molecule has 1 fully saturated rings. The van der Waals surface area contributed by atoms with E-state index in [-0.39, 0.29) is 11.8 Å². The summed E-state index contributed by atoms with van der Waals surface area (Å²) in [6.07, 6.45) is 6.11. The summed E-state index contributed by atoms with van der Waals surface area (Å²) < 4.78 is 0. The van der Waals surface area contributed by atoms with Crippen LogP contribution in [-0.4, -0.2) is 27.6 Å². The number of pyridine rings is 1. The van der Waals surface area contributed by atoms with E-state index in [1.807, 2.05) is 48.2 Å². The molecular weight excluding hydrogens is 360 g/mol. The Labute approximate surface area is 163 Å². The Balaban J connectivity index is 1.56. The Kier molecular flexibility index (Phi) is 4.94. The van der Waals surface area contributed by atoms with Gasteiger partial charge in [-0.3, -0.25) is 19.8 Å². The van der Waals surface area contributed by atoms with Gasteiger partial charge in [0.15, 0.2) is 5.82 Å². The number of H-pyrrole nitrogens is 1. The van der Waals surface area contributed by atoms with Gasteiger partial charge in [-0.25, -0.2) is 0 Å². The summed E-state index contributed by atoms with van der Waals surface area (Å²) in [5, 5.41) is 8.27. The van der Waals surface area contributed by atoms with Gasteiger partial charge in [0.25, 0.3) is 0 Å². The van der Waals surface area contributed by atoms with Crippen LogP contribution in [0.4, 0.5) is 5.82 Å². The smallest absolute Gasteiger partial charge is 0.231 e. The van der Waals surface area contributed by atoms with E-state index in [0.29, 0.717) is 11.6 Å². The summed E-state index contributed by atoms with van der Waals surface area (Å²) in [7, 11) is 0. The number of aromatic nitrogens is 3. The summed E-state index contributed by atoms with van der Waals surface area (Å²) in [5.74, 6) is 0.847. The minimum atomic E-state index is -0.0274. The largest absolute Gasteiger partial charge is 0.295 e. The molecule has 1 aliphatic rings. The molecule has 1 aliphatic heterocycles. The molecule has 1 atom stereocenters. The fraction of sp³-hybridized carbons (Fsp3) is 0.286. The second-order valence-electron chi connectivity index (χ2n) is 6.94.